The van der Waals surface area contributed by atoms with E-state index in [0.717, 1.165) is 12.0 Å². The highest BCUT2D eigenvalue weighted by atomic mass is 79.9. The molecule has 0 aliphatic heterocycles. The third kappa shape index (κ3) is 4.01. The third-order valence-electron chi connectivity index (χ3n) is 2.02. The van der Waals surface area contributed by atoms with Gasteiger partial charge in [-0.1, -0.05) is 29.3 Å². The van der Waals surface area contributed by atoms with Crippen molar-refractivity contribution in [3.63, 3.8) is 0 Å². The van der Waals surface area contributed by atoms with Crippen molar-refractivity contribution in [2.45, 2.75) is 6.42 Å². The summed E-state index contributed by atoms with van der Waals surface area (Å²) >= 11 is 14.5. The summed E-state index contributed by atoms with van der Waals surface area (Å²) in [6.45, 7) is 0.641. The Morgan fingerprint density at radius 1 is 1.40 bits per heavy atom. The maximum atomic E-state index is 10.9. The average molecular weight is 311 g/mol. The molecule has 0 radical (unpaired) electrons. The predicted molar refractivity (Wildman–Crippen MR) is 67.1 cm³/mol. The van der Waals surface area contributed by atoms with E-state index in [-0.39, 0.29) is 4.82 Å². The summed E-state index contributed by atoms with van der Waals surface area (Å²) in [6, 6.07) is 5.48. The van der Waals surface area contributed by atoms with Crippen LogP contribution < -0.4 is 0 Å². The largest absolute Gasteiger partial charge is 0.336 e. The van der Waals surface area contributed by atoms with Crippen LogP contribution in [0.1, 0.15) is 5.56 Å². The quantitative estimate of drug-likeness (QED) is 0.611. The second-order valence-corrected chi connectivity index (χ2v) is 4.67. The maximum absolute atomic E-state index is 10.9. The number of halogens is 3. The molecule has 0 spiro atoms. The summed E-state index contributed by atoms with van der Waals surface area (Å²) in [7, 11) is 1.73. The molecule has 0 fully saturated rings. The number of benzene rings is 1. The van der Waals surface area contributed by atoms with Gasteiger partial charge in [-0.25, -0.2) is 0 Å². The summed E-state index contributed by atoms with van der Waals surface area (Å²) < 4.78 is 0. The smallest absolute Gasteiger partial charge is 0.289 e. The minimum absolute atomic E-state index is 0.123. The molecule has 2 nitrogen and oxygen atoms in total. The Morgan fingerprint density at radius 2 is 2.07 bits per heavy atom. The first-order valence-electron chi connectivity index (χ1n) is 4.35. The van der Waals surface area contributed by atoms with Crippen LogP contribution >= 0.6 is 39.1 Å². The van der Waals surface area contributed by atoms with Crippen LogP contribution in [0.3, 0.4) is 0 Å². The average Bonchev–Trinajstić information content (AvgIpc) is 2.19. The molecule has 82 valence electrons. The minimum Gasteiger partial charge on any atom is -0.336 e. The number of carbonyl (C=O) groups excluding carboxylic acids is 1. The van der Waals surface area contributed by atoms with Crippen molar-refractivity contribution >= 4 is 43.9 Å². The van der Waals surface area contributed by atoms with Crippen molar-refractivity contribution in [3.05, 3.63) is 33.8 Å². The van der Waals surface area contributed by atoms with E-state index < -0.39 is 0 Å². The van der Waals surface area contributed by atoms with Gasteiger partial charge in [0.15, 0.2) is 0 Å². The molecule has 0 saturated heterocycles. The summed E-state index contributed by atoms with van der Waals surface area (Å²) in [5, 5.41) is 1.09. The van der Waals surface area contributed by atoms with Gasteiger partial charge in [0.2, 0.25) is 0 Å². The van der Waals surface area contributed by atoms with Crippen LogP contribution in [0.2, 0.25) is 10.0 Å². The van der Waals surface area contributed by atoms with E-state index in [4.69, 9.17) is 23.2 Å². The van der Waals surface area contributed by atoms with Gasteiger partial charge in [-0.15, -0.1) is 0 Å². The molecule has 0 bridgehead atoms. The van der Waals surface area contributed by atoms with E-state index in [1.54, 1.807) is 18.0 Å². The normalized spacial score (nSPS) is 10.1. The molecule has 0 saturated carbocycles. The van der Waals surface area contributed by atoms with Crippen molar-refractivity contribution in [2.75, 3.05) is 13.6 Å². The molecule has 0 unspecified atom stereocenters. The lowest BCUT2D eigenvalue weighted by molar-refractivity contribution is 0.235. The third-order valence-corrected chi connectivity index (χ3v) is 3.36. The standard InChI is InChI=1S/C10H10BrCl2NO/c1-14(10(11)15)5-4-7-2-3-8(12)9(13)6-7/h2-3,6H,4-5H2,1H3. The number of hydrogen-bond donors (Lipinski definition) is 0. The molecule has 1 amide bonds. The highest BCUT2D eigenvalue weighted by molar-refractivity contribution is 9.18. The molecule has 0 N–H and O–H groups in total. The zero-order valence-corrected chi connectivity index (χ0v) is 11.2. The van der Waals surface area contributed by atoms with Crippen molar-refractivity contribution in [3.8, 4) is 0 Å². The minimum atomic E-state index is -0.123. The van der Waals surface area contributed by atoms with Gasteiger partial charge in [-0.05, 0) is 24.1 Å². The fourth-order valence-electron chi connectivity index (χ4n) is 1.08. The molecule has 0 aliphatic rings. The lowest BCUT2D eigenvalue weighted by Crippen LogP contribution is -2.23. The van der Waals surface area contributed by atoms with E-state index in [1.807, 2.05) is 12.1 Å². The predicted octanol–water partition coefficient (Wildman–Crippen LogP) is 3.98. The number of carbonyl (C=O) groups is 1. The van der Waals surface area contributed by atoms with Gasteiger partial charge in [0.25, 0.3) is 4.82 Å². The van der Waals surface area contributed by atoms with Crippen molar-refractivity contribution in [2.24, 2.45) is 0 Å². The number of hydrogen-bond acceptors (Lipinski definition) is 1. The monoisotopic (exact) mass is 309 g/mol. The first-order chi connectivity index (χ1) is 7.00. The Bertz CT molecular complexity index is 370. The van der Waals surface area contributed by atoms with Gasteiger partial charge < -0.3 is 4.90 Å². The Balaban J connectivity index is 2.58. The van der Waals surface area contributed by atoms with Crippen molar-refractivity contribution in [1.82, 2.24) is 4.90 Å². The van der Waals surface area contributed by atoms with E-state index in [2.05, 4.69) is 15.9 Å². The molecular weight excluding hydrogens is 301 g/mol. The molecule has 0 heterocycles. The van der Waals surface area contributed by atoms with Crippen molar-refractivity contribution in [1.29, 1.82) is 0 Å². The van der Waals surface area contributed by atoms with Crippen LogP contribution in [0.4, 0.5) is 4.79 Å². The van der Waals surface area contributed by atoms with Crippen LogP contribution in [0.15, 0.2) is 18.2 Å². The Hall–Kier alpha value is -0.250. The van der Waals surface area contributed by atoms with E-state index in [0.29, 0.717) is 16.6 Å². The van der Waals surface area contributed by atoms with E-state index in [1.165, 1.54) is 0 Å². The molecule has 0 aromatic heterocycles. The molecule has 1 rings (SSSR count). The summed E-state index contributed by atoms with van der Waals surface area (Å²) in [4.78, 5) is 12.3. The molecule has 15 heavy (non-hydrogen) atoms. The SMILES string of the molecule is CN(CCc1ccc(Cl)c(Cl)c1)C(=O)Br. The van der Waals surface area contributed by atoms with Crippen LogP contribution in [-0.4, -0.2) is 23.3 Å². The van der Waals surface area contributed by atoms with Gasteiger partial charge in [0.1, 0.15) is 0 Å². The zero-order valence-electron chi connectivity index (χ0n) is 8.14. The van der Waals surface area contributed by atoms with Crippen LogP contribution in [-0.2, 0) is 6.42 Å². The molecule has 5 heteroatoms. The lowest BCUT2D eigenvalue weighted by Gasteiger charge is -2.13. The Morgan fingerprint density at radius 3 is 2.60 bits per heavy atom. The Labute approximate surface area is 107 Å². The van der Waals surface area contributed by atoms with Crippen LogP contribution in [0.25, 0.3) is 0 Å². The van der Waals surface area contributed by atoms with Gasteiger partial charge in [-0.3, -0.25) is 4.79 Å². The Kier molecular flexibility index (Phi) is 4.90. The summed E-state index contributed by atoms with van der Waals surface area (Å²) in [5.74, 6) is 0. The fourth-order valence-corrected chi connectivity index (χ4v) is 1.58. The maximum Gasteiger partial charge on any atom is 0.289 e. The number of likely N-dealkylation sites (N-methyl/N-ethyl adjacent to an activating group) is 1. The molecule has 1 aromatic rings. The summed E-state index contributed by atoms with van der Waals surface area (Å²) in [5.41, 5.74) is 1.06. The number of nitrogens with zero attached hydrogens (tertiary/aromatic N) is 1. The first kappa shape index (κ1) is 12.8. The van der Waals surface area contributed by atoms with E-state index in [9.17, 15) is 4.79 Å². The molecule has 0 aliphatic carbocycles. The molecule has 1 aromatic carbocycles. The van der Waals surface area contributed by atoms with Gasteiger partial charge in [0, 0.05) is 29.5 Å². The zero-order chi connectivity index (χ0) is 11.4. The molecular formula is C10H10BrCl2NO. The van der Waals surface area contributed by atoms with Gasteiger partial charge in [-0.2, -0.15) is 0 Å². The second-order valence-electron chi connectivity index (χ2n) is 3.17. The topological polar surface area (TPSA) is 20.3 Å². The van der Waals surface area contributed by atoms with Gasteiger partial charge in [0.05, 0.1) is 10.0 Å². The van der Waals surface area contributed by atoms with E-state index >= 15 is 0 Å². The highest BCUT2D eigenvalue weighted by Gasteiger charge is 2.05. The first-order valence-corrected chi connectivity index (χ1v) is 5.90. The van der Waals surface area contributed by atoms with Gasteiger partial charge >= 0.3 is 0 Å². The second kappa shape index (κ2) is 5.73. The fraction of sp³-hybridized carbons (Fsp3) is 0.300. The van der Waals surface area contributed by atoms with Crippen LogP contribution in [0, 0.1) is 0 Å². The van der Waals surface area contributed by atoms with Crippen molar-refractivity contribution < 1.29 is 4.79 Å². The lowest BCUT2D eigenvalue weighted by atomic mass is 10.1. The highest BCUT2D eigenvalue weighted by Crippen LogP contribution is 2.22. The van der Waals surface area contributed by atoms with Crippen LogP contribution in [0.5, 0.6) is 0 Å². The molecule has 0 atom stereocenters. The number of rotatable bonds is 3. The summed E-state index contributed by atoms with van der Waals surface area (Å²) in [6.07, 6.45) is 0.755. The number of amides is 1.